The van der Waals surface area contributed by atoms with Gasteiger partial charge in [0.05, 0.1) is 0 Å². The average molecular weight is 789 g/mol. The Kier molecular flexibility index (Phi) is 18.3. The molecule has 6 amide bonds. The molecule has 0 saturated heterocycles. The Bertz CT molecular complexity index is 1560. The number of carboxylic acid groups (broad SMARTS) is 1. The van der Waals surface area contributed by atoms with E-state index in [1.54, 1.807) is 0 Å². The number of aliphatic carboxylic acids is 1. The van der Waals surface area contributed by atoms with Gasteiger partial charge in [-0.05, 0) is 63.6 Å². The molecule has 0 bridgehead atoms. The molecule has 6 atom stereocenters. The van der Waals surface area contributed by atoms with Gasteiger partial charge in [-0.15, -0.1) is 0 Å². The largest absolute Gasteiger partial charge is 0.508 e. The molecule has 1 rings (SSSR count). The fourth-order valence-corrected chi connectivity index (χ4v) is 4.89. The number of carbonyl (C=O) groups is 7. The number of phenols is 1. The maximum atomic E-state index is 14.0. The van der Waals surface area contributed by atoms with Crippen molar-refractivity contribution in [3.63, 3.8) is 0 Å². The van der Waals surface area contributed by atoms with Crippen LogP contribution >= 0.6 is 0 Å². The first-order valence-electron chi connectivity index (χ1n) is 17.1. The van der Waals surface area contributed by atoms with E-state index in [4.69, 9.17) is 22.3 Å². The van der Waals surface area contributed by atoms with Crippen molar-refractivity contribution in [3.8, 4) is 5.75 Å². The second-order valence-electron chi connectivity index (χ2n) is 13.3. The van der Waals surface area contributed by atoms with E-state index in [-0.39, 0.29) is 37.5 Å². The van der Waals surface area contributed by atoms with Crippen molar-refractivity contribution in [2.24, 2.45) is 28.1 Å². The van der Waals surface area contributed by atoms with Crippen LogP contribution in [-0.2, 0) is 40.0 Å². The molecule has 0 saturated carbocycles. The van der Waals surface area contributed by atoms with E-state index < -0.39 is 102 Å². The summed E-state index contributed by atoms with van der Waals surface area (Å²) in [6.45, 7) is 5.96. The average Bonchev–Trinajstić information content (AvgIpc) is 3.07. The number of benzene rings is 1. The summed E-state index contributed by atoms with van der Waals surface area (Å²) in [6.07, 6.45) is -6.23. The lowest BCUT2D eigenvalue weighted by Gasteiger charge is -2.33. The molecule has 1 aromatic carbocycles. The second kappa shape index (κ2) is 21.3. The highest BCUT2D eigenvalue weighted by molar-refractivity contribution is 5.97. The molecule has 0 aliphatic rings. The summed E-state index contributed by atoms with van der Waals surface area (Å²) >= 11 is 0. The Balaban J connectivity index is 3.12. The van der Waals surface area contributed by atoms with Crippen LogP contribution in [0.1, 0.15) is 59.4 Å². The summed E-state index contributed by atoms with van der Waals surface area (Å²) < 4.78 is 42.1. The third-order valence-corrected chi connectivity index (χ3v) is 7.89. The molecular weight excluding hydrogens is 737 g/mol. The molecule has 1 aromatic rings. The van der Waals surface area contributed by atoms with Crippen LogP contribution in [0.5, 0.6) is 5.75 Å². The van der Waals surface area contributed by atoms with Gasteiger partial charge in [0.15, 0.2) is 11.5 Å². The third-order valence-electron chi connectivity index (χ3n) is 7.89. The van der Waals surface area contributed by atoms with Crippen LogP contribution in [0.25, 0.3) is 0 Å². The number of hydrogen-bond donors (Lipinski definition) is 11. The minimum absolute atomic E-state index is 0.0469. The number of rotatable bonds is 21. The molecule has 22 heteroatoms. The number of alkyl halides is 3. The SMILES string of the molecule is CC(C)C[C@](N)(C(=O)N[C@@H](Cc1ccc(O)cc1)C(=O)N[C@@H](C)C(=O)N[C@@H](C)C(=O)N[C@@H](CCCN=C(N)N)C(=O)N[C@@H](C)C(=O)NCC(=O)O)C(F)(F)F. The summed E-state index contributed by atoms with van der Waals surface area (Å²) in [6, 6.07) is -1.70. The number of carbonyl (C=O) groups excluding carboxylic acids is 6. The topological polar surface area (TPSA) is 323 Å². The molecule has 0 fully saturated rings. The number of amides is 6. The van der Waals surface area contributed by atoms with Gasteiger partial charge in [-0.2, -0.15) is 13.2 Å². The number of hydrogen-bond acceptors (Lipinski definition) is 10. The molecule has 0 aromatic heterocycles. The molecule has 55 heavy (non-hydrogen) atoms. The molecular formula is C33H51F3N10O9. The Hall–Kier alpha value is -5.67. The van der Waals surface area contributed by atoms with Gasteiger partial charge in [0.25, 0.3) is 0 Å². The van der Waals surface area contributed by atoms with E-state index in [0.717, 1.165) is 0 Å². The summed E-state index contributed by atoms with van der Waals surface area (Å²) in [4.78, 5) is 92.4. The number of aliphatic imine (C=N–C) groups is 1. The van der Waals surface area contributed by atoms with E-state index in [0.29, 0.717) is 5.56 Å². The number of nitrogens with two attached hydrogens (primary N) is 3. The summed E-state index contributed by atoms with van der Waals surface area (Å²) in [5.74, 6) is -8.57. The van der Waals surface area contributed by atoms with Gasteiger partial charge < -0.3 is 59.3 Å². The van der Waals surface area contributed by atoms with E-state index in [9.17, 15) is 51.8 Å². The van der Waals surface area contributed by atoms with Crippen LogP contribution in [0.3, 0.4) is 0 Å². The van der Waals surface area contributed by atoms with E-state index in [1.807, 2.05) is 0 Å². The minimum atomic E-state index is -5.19. The van der Waals surface area contributed by atoms with Crippen LogP contribution in [0.15, 0.2) is 29.3 Å². The summed E-state index contributed by atoms with van der Waals surface area (Å²) in [7, 11) is 0. The van der Waals surface area contributed by atoms with Crippen molar-refractivity contribution < 1.29 is 56.9 Å². The highest BCUT2D eigenvalue weighted by atomic mass is 19.4. The monoisotopic (exact) mass is 788 g/mol. The van der Waals surface area contributed by atoms with Crippen LogP contribution in [0.2, 0.25) is 0 Å². The Morgan fingerprint density at radius 2 is 1.24 bits per heavy atom. The number of nitrogens with zero attached hydrogens (tertiary/aromatic N) is 1. The van der Waals surface area contributed by atoms with Crippen LogP contribution in [-0.4, -0.2) is 113 Å². The van der Waals surface area contributed by atoms with Crippen molar-refractivity contribution >= 4 is 47.4 Å². The van der Waals surface area contributed by atoms with Gasteiger partial charge in [-0.3, -0.25) is 38.6 Å². The lowest BCUT2D eigenvalue weighted by atomic mass is 9.87. The van der Waals surface area contributed by atoms with Crippen molar-refractivity contribution in [1.82, 2.24) is 31.9 Å². The highest BCUT2D eigenvalue weighted by Gasteiger charge is 2.58. The number of aromatic hydroxyl groups is 1. The maximum Gasteiger partial charge on any atom is 0.415 e. The smallest absolute Gasteiger partial charge is 0.415 e. The van der Waals surface area contributed by atoms with E-state index >= 15 is 0 Å². The number of guanidine groups is 1. The zero-order chi connectivity index (χ0) is 42.3. The first-order chi connectivity index (χ1) is 25.4. The van der Waals surface area contributed by atoms with Gasteiger partial charge in [-0.25, -0.2) is 0 Å². The first kappa shape index (κ1) is 47.4. The molecule has 0 spiro atoms. The Morgan fingerprint density at radius 1 is 0.745 bits per heavy atom. The minimum Gasteiger partial charge on any atom is -0.508 e. The molecule has 308 valence electrons. The normalized spacial score (nSPS) is 15.1. The Labute approximate surface area is 315 Å². The predicted octanol–water partition coefficient (Wildman–Crippen LogP) is -2.02. The number of nitrogens with one attached hydrogen (secondary N) is 6. The molecule has 0 aliphatic heterocycles. The van der Waals surface area contributed by atoms with Crippen LogP contribution < -0.4 is 49.1 Å². The van der Waals surface area contributed by atoms with Gasteiger partial charge in [0.1, 0.15) is 42.5 Å². The van der Waals surface area contributed by atoms with Gasteiger partial charge >= 0.3 is 12.1 Å². The summed E-state index contributed by atoms with van der Waals surface area (Å²) in [5.41, 5.74) is 13.2. The lowest BCUT2D eigenvalue weighted by Crippen LogP contribution is -2.67. The quantitative estimate of drug-likeness (QED) is 0.0366. The fraction of sp³-hybridized carbons (Fsp3) is 0.576. The molecule has 0 aliphatic carbocycles. The predicted molar refractivity (Wildman–Crippen MR) is 191 cm³/mol. The Morgan fingerprint density at radius 3 is 1.73 bits per heavy atom. The van der Waals surface area contributed by atoms with Crippen molar-refractivity contribution in [1.29, 1.82) is 0 Å². The fourth-order valence-electron chi connectivity index (χ4n) is 4.89. The maximum absolute atomic E-state index is 14.0. The molecule has 0 unspecified atom stereocenters. The molecule has 0 heterocycles. The first-order valence-corrected chi connectivity index (χ1v) is 17.1. The summed E-state index contributed by atoms with van der Waals surface area (Å²) in [5, 5.41) is 32.0. The van der Waals surface area contributed by atoms with Gasteiger partial charge in [-0.1, -0.05) is 26.0 Å². The van der Waals surface area contributed by atoms with E-state index in [1.165, 1.54) is 58.9 Å². The molecule has 19 nitrogen and oxygen atoms in total. The standard InChI is InChI=1S/C33H51F3N10O9/c1-16(2)14-32(39,33(34,35)36)30(55)46-23(13-20-8-10-21(47)11-9-20)29(54)44-18(4)26(51)42-19(5)27(52)45-22(7-6-12-40-31(37)38)28(53)43-17(3)25(50)41-15-24(48)49/h8-11,16-19,22-23,47H,6-7,12-15,39H2,1-5H3,(H,41,50)(H,42,51)(H,43,53)(H,44,54)(H,45,52)(H,46,55)(H,48,49)(H4,37,38,40)/t17-,18-,19-,22-,23-,32-/m0/s1. The van der Waals surface area contributed by atoms with E-state index in [2.05, 4.69) is 36.9 Å². The number of carboxylic acids is 1. The zero-order valence-electron chi connectivity index (χ0n) is 31.1. The zero-order valence-corrected chi connectivity index (χ0v) is 31.1. The highest BCUT2D eigenvalue weighted by Crippen LogP contribution is 2.34. The van der Waals surface area contributed by atoms with Crippen LogP contribution in [0.4, 0.5) is 13.2 Å². The number of halogens is 3. The van der Waals surface area contributed by atoms with Crippen LogP contribution in [0, 0.1) is 5.92 Å². The third kappa shape index (κ3) is 16.1. The second-order valence-corrected chi connectivity index (χ2v) is 13.3. The molecule has 14 N–H and O–H groups in total. The lowest BCUT2D eigenvalue weighted by molar-refractivity contribution is -0.195. The van der Waals surface area contributed by atoms with Crippen molar-refractivity contribution in [2.75, 3.05) is 13.1 Å². The van der Waals surface area contributed by atoms with Crippen molar-refractivity contribution in [2.45, 2.75) is 102 Å². The molecule has 0 radical (unpaired) electrons. The van der Waals surface area contributed by atoms with Gasteiger partial charge in [0.2, 0.25) is 35.4 Å². The van der Waals surface area contributed by atoms with Crippen molar-refractivity contribution in [3.05, 3.63) is 29.8 Å². The van der Waals surface area contributed by atoms with Gasteiger partial charge in [0, 0.05) is 13.0 Å². The number of phenolic OH excluding ortho intramolecular Hbond substituents is 1.